The van der Waals surface area contributed by atoms with Gasteiger partial charge < -0.3 is 10.2 Å². The average molecular weight is 265 g/mol. The van der Waals surface area contributed by atoms with Gasteiger partial charge in [-0.05, 0) is 38.4 Å². The van der Waals surface area contributed by atoms with Crippen LogP contribution < -0.4 is 5.32 Å². The second-order valence-corrected chi connectivity index (χ2v) is 4.95. The molecule has 0 aliphatic carbocycles. The zero-order valence-electron chi connectivity index (χ0n) is 11.4. The molecule has 19 heavy (non-hydrogen) atoms. The highest BCUT2D eigenvalue weighted by Crippen LogP contribution is 2.12. The number of piperazine rings is 1. The van der Waals surface area contributed by atoms with Crippen LogP contribution in [0.1, 0.15) is 10.4 Å². The Balaban J connectivity index is 2.05. The van der Waals surface area contributed by atoms with Gasteiger partial charge in [-0.15, -0.1) is 0 Å². The third kappa shape index (κ3) is 3.30. The Bertz CT molecular complexity index is 435. The summed E-state index contributed by atoms with van der Waals surface area (Å²) in [5, 5.41) is 3.15. The van der Waals surface area contributed by atoms with Gasteiger partial charge in [0.05, 0.1) is 0 Å². The van der Waals surface area contributed by atoms with Gasteiger partial charge in [-0.2, -0.15) is 0 Å². The van der Waals surface area contributed by atoms with Crippen molar-refractivity contribution in [1.29, 1.82) is 0 Å². The number of carbonyl (C=O) groups excluding carboxylic acids is 1. The van der Waals surface area contributed by atoms with Crippen LogP contribution in [0.3, 0.4) is 0 Å². The van der Waals surface area contributed by atoms with Crippen molar-refractivity contribution in [3.8, 4) is 0 Å². The van der Waals surface area contributed by atoms with Crippen LogP contribution in [0, 0.1) is 5.82 Å². The van der Waals surface area contributed by atoms with E-state index in [2.05, 4.69) is 17.3 Å². The lowest BCUT2D eigenvalue weighted by atomic mass is 10.1. The smallest absolute Gasteiger partial charge is 0.253 e. The Morgan fingerprint density at radius 1 is 1.37 bits per heavy atom. The highest BCUT2D eigenvalue weighted by molar-refractivity contribution is 5.94. The summed E-state index contributed by atoms with van der Waals surface area (Å²) in [6, 6.07) is 6.07. The zero-order chi connectivity index (χ0) is 13.8. The molecule has 0 aromatic heterocycles. The summed E-state index contributed by atoms with van der Waals surface area (Å²) in [7, 11) is 3.98. The fourth-order valence-electron chi connectivity index (χ4n) is 2.36. The summed E-state index contributed by atoms with van der Waals surface area (Å²) in [5.41, 5.74) is 0.550. The highest BCUT2D eigenvalue weighted by Gasteiger charge is 2.27. The molecule has 1 unspecified atom stereocenters. The van der Waals surface area contributed by atoms with Crippen molar-refractivity contribution in [3.63, 3.8) is 0 Å². The van der Waals surface area contributed by atoms with Gasteiger partial charge in [-0.25, -0.2) is 4.39 Å². The lowest BCUT2D eigenvalue weighted by Gasteiger charge is -2.39. The van der Waals surface area contributed by atoms with Crippen LogP contribution in [0.4, 0.5) is 4.39 Å². The van der Waals surface area contributed by atoms with Crippen molar-refractivity contribution in [2.24, 2.45) is 0 Å². The second-order valence-electron chi connectivity index (χ2n) is 4.95. The minimum absolute atomic E-state index is 0.0193. The number of nitrogens with one attached hydrogen (secondary N) is 1. The summed E-state index contributed by atoms with van der Waals surface area (Å²) in [5.74, 6) is -0.336. The van der Waals surface area contributed by atoms with Crippen molar-refractivity contribution >= 4 is 5.91 Å². The minimum atomic E-state index is -0.317. The average Bonchev–Trinajstić information content (AvgIpc) is 2.41. The monoisotopic (exact) mass is 265 g/mol. The van der Waals surface area contributed by atoms with E-state index in [0.29, 0.717) is 24.7 Å². The number of amides is 1. The highest BCUT2D eigenvalue weighted by atomic mass is 19.1. The summed E-state index contributed by atoms with van der Waals surface area (Å²) in [6.45, 7) is 3.13. The first kappa shape index (κ1) is 14.0. The molecule has 1 aliphatic rings. The predicted molar refractivity (Wildman–Crippen MR) is 72.6 cm³/mol. The molecule has 104 valence electrons. The van der Waals surface area contributed by atoms with E-state index in [1.165, 1.54) is 12.1 Å². The first-order valence-electron chi connectivity index (χ1n) is 6.51. The molecular weight excluding hydrogens is 245 g/mol. The maximum Gasteiger partial charge on any atom is 0.253 e. The van der Waals surface area contributed by atoms with Crippen molar-refractivity contribution in [3.05, 3.63) is 35.6 Å². The second kappa shape index (κ2) is 6.12. The Hall–Kier alpha value is -1.46. The number of halogens is 1. The number of hydrogen-bond donors (Lipinski definition) is 1. The molecule has 1 fully saturated rings. The number of likely N-dealkylation sites (N-methyl/N-ethyl adjacent to an activating group) is 2. The van der Waals surface area contributed by atoms with Crippen molar-refractivity contribution in [2.45, 2.75) is 6.04 Å². The molecule has 1 amide bonds. The van der Waals surface area contributed by atoms with E-state index in [4.69, 9.17) is 0 Å². The van der Waals surface area contributed by atoms with Gasteiger partial charge in [0, 0.05) is 37.8 Å². The third-order valence-electron chi connectivity index (χ3n) is 3.60. The number of rotatable bonds is 3. The molecule has 1 aromatic rings. The van der Waals surface area contributed by atoms with Crippen LogP contribution in [0.25, 0.3) is 0 Å². The van der Waals surface area contributed by atoms with E-state index < -0.39 is 0 Å². The predicted octanol–water partition coefficient (Wildman–Crippen LogP) is 0.801. The van der Waals surface area contributed by atoms with Crippen molar-refractivity contribution in [2.75, 3.05) is 40.3 Å². The molecule has 0 saturated carbocycles. The quantitative estimate of drug-likeness (QED) is 0.878. The van der Waals surface area contributed by atoms with Crippen LogP contribution in [0.2, 0.25) is 0 Å². The first-order valence-corrected chi connectivity index (χ1v) is 6.51. The Kier molecular flexibility index (Phi) is 4.50. The van der Waals surface area contributed by atoms with Crippen LogP contribution in [-0.2, 0) is 0 Å². The summed E-state index contributed by atoms with van der Waals surface area (Å²) in [4.78, 5) is 16.4. The van der Waals surface area contributed by atoms with E-state index in [0.717, 1.165) is 13.1 Å². The number of nitrogens with zero attached hydrogens (tertiary/aromatic N) is 2. The molecule has 1 heterocycles. The van der Waals surface area contributed by atoms with Gasteiger partial charge in [0.1, 0.15) is 5.82 Å². The Morgan fingerprint density at radius 2 is 2.05 bits per heavy atom. The number of carbonyl (C=O) groups is 1. The molecular formula is C14H20FN3O. The molecule has 1 atom stereocenters. The fourth-order valence-corrected chi connectivity index (χ4v) is 2.36. The van der Waals surface area contributed by atoms with Gasteiger partial charge >= 0.3 is 0 Å². The molecule has 2 rings (SSSR count). The lowest BCUT2D eigenvalue weighted by Crippen LogP contribution is -2.56. The summed E-state index contributed by atoms with van der Waals surface area (Å²) >= 11 is 0. The van der Waals surface area contributed by atoms with Gasteiger partial charge in [0.25, 0.3) is 5.91 Å². The normalized spacial score (nSPS) is 20.6. The lowest BCUT2D eigenvalue weighted by molar-refractivity contribution is 0.0550. The van der Waals surface area contributed by atoms with Crippen LogP contribution in [0.15, 0.2) is 24.3 Å². The molecule has 1 aromatic carbocycles. The molecule has 5 heteroatoms. The van der Waals surface area contributed by atoms with Crippen molar-refractivity contribution in [1.82, 2.24) is 15.1 Å². The Labute approximate surface area is 113 Å². The van der Waals surface area contributed by atoms with Gasteiger partial charge in [-0.1, -0.05) is 0 Å². The third-order valence-corrected chi connectivity index (χ3v) is 3.60. The number of hydrogen-bond acceptors (Lipinski definition) is 3. The first-order chi connectivity index (χ1) is 9.11. The van der Waals surface area contributed by atoms with E-state index >= 15 is 0 Å². The largest absolute Gasteiger partial charge is 0.336 e. The van der Waals surface area contributed by atoms with Crippen LogP contribution in [0.5, 0.6) is 0 Å². The summed E-state index contributed by atoms with van der Waals surface area (Å²) < 4.78 is 12.9. The zero-order valence-corrected chi connectivity index (χ0v) is 11.4. The van der Waals surface area contributed by atoms with E-state index in [1.54, 1.807) is 12.1 Å². The van der Waals surface area contributed by atoms with E-state index in [-0.39, 0.29) is 11.7 Å². The number of benzene rings is 1. The molecule has 0 bridgehead atoms. The Morgan fingerprint density at radius 3 is 2.68 bits per heavy atom. The molecule has 1 saturated heterocycles. The van der Waals surface area contributed by atoms with Gasteiger partial charge in [0.15, 0.2) is 0 Å². The topological polar surface area (TPSA) is 35.6 Å². The standard InChI is InChI=1S/C14H20FN3O/c1-16-9-13-10-18(8-7-17(13)2)14(19)11-3-5-12(15)6-4-11/h3-6,13,16H,7-10H2,1-2H3. The van der Waals surface area contributed by atoms with E-state index in [1.807, 2.05) is 11.9 Å². The van der Waals surface area contributed by atoms with Gasteiger partial charge in [0.2, 0.25) is 0 Å². The van der Waals surface area contributed by atoms with Crippen molar-refractivity contribution < 1.29 is 9.18 Å². The maximum absolute atomic E-state index is 12.9. The van der Waals surface area contributed by atoms with Gasteiger partial charge in [-0.3, -0.25) is 9.69 Å². The molecule has 0 radical (unpaired) electrons. The molecule has 0 spiro atoms. The van der Waals surface area contributed by atoms with Crippen LogP contribution in [-0.4, -0.2) is 62.0 Å². The molecule has 1 N–H and O–H groups in total. The van der Waals surface area contributed by atoms with Crippen LogP contribution >= 0.6 is 0 Å². The fraction of sp³-hybridized carbons (Fsp3) is 0.500. The molecule has 1 aliphatic heterocycles. The maximum atomic E-state index is 12.9. The summed E-state index contributed by atoms with van der Waals surface area (Å²) in [6.07, 6.45) is 0. The van der Waals surface area contributed by atoms with E-state index in [9.17, 15) is 9.18 Å². The SMILES string of the molecule is CNCC1CN(C(=O)c2ccc(F)cc2)CCN1C. The molecule has 4 nitrogen and oxygen atoms in total. The minimum Gasteiger partial charge on any atom is -0.336 e.